The lowest BCUT2D eigenvalue weighted by Crippen LogP contribution is -2.34. The lowest BCUT2D eigenvalue weighted by atomic mass is 10.0. The molecule has 1 aromatic heterocycles. The molecule has 1 amide bonds. The Morgan fingerprint density at radius 2 is 2.17 bits per heavy atom. The van der Waals surface area contributed by atoms with Crippen molar-refractivity contribution in [2.24, 2.45) is 0 Å². The van der Waals surface area contributed by atoms with Crippen LogP contribution in [0.5, 0.6) is 0 Å². The molecule has 0 saturated carbocycles. The Hall–Kier alpha value is -3.54. The number of nitrogens with zero attached hydrogens (tertiary/aromatic N) is 3. The van der Waals surface area contributed by atoms with Gasteiger partial charge in [-0.3, -0.25) is 14.3 Å². The molecule has 0 bridgehead atoms. The van der Waals surface area contributed by atoms with Crippen LogP contribution in [0, 0.1) is 17.1 Å². The van der Waals surface area contributed by atoms with Crippen LogP contribution < -0.4 is 10.8 Å². The molecule has 2 atom stereocenters. The molecular weight excluding hydrogens is 373 g/mol. The van der Waals surface area contributed by atoms with Gasteiger partial charge in [-0.2, -0.15) is 15.8 Å². The lowest BCUT2D eigenvalue weighted by Gasteiger charge is -2.08. The molecule has 8 heteroatoms. The van der Waals surface area contributed by atoms with Gasteiger partial charge in [0.15, 0.2) is 0 Å². The number of amides is 1. The smallest absolute Gasteiger partial charge is 0.244 e. The van der Waals surface area contributed by atoms with Gasteiger partial charge in [0.25, 0.3) is 0 Å². The van der Waals surface area contributed by atoms with E-state index >= 15 is 0 Å². The summed E-state index contributed by atoms with van der Waals surface area (Å²) in [5.74, 6) is -0.647. The summed E-state index contributed by atoms with van der Waals surface area (Å²) in [6.07, 6.45) is 3.47. The first-order valence-corrected chi connectivity index (χ1v) is 9.10. The van der Waals surface area contributed by atoms with E-state index in [4.69, 9.17) is 10.1 Å². The van der Waals surface area contributed by atoms with Gasteiger partial charge in [-0.25, -0.2) is 4.39 Å². The molecule has 2 unspecified atom stereocenters. The minimum Gasteiger partial charge on any atom is -0.322 e. The Balaban J connectivity index is 1.38. The second kappa shape index (κ2) is 8.22. The zero-order valence-electron chi connectivity index (χ0n) is 15.4. The van der Waals surface area contributed by atoms with Crippen LogP contribution in [0.25, 0.3) is 0 Å². The summed E-state index contributed by atoms with van der Waals surface area (Å²) in [6, 6.07) is 15.2. The van der Waals surface area contributed by atoms with Crippen molar-refractivity contribution in [3.8, 4) is 6.07 Å². The van der Waals surface area contributed by atoms with Crippen LogP contribution in [-0.4, -0.2) is 21.7 Å². The summed E-state index contributed by atoms with van der Waals surface area (Å²) in [6.45, 7) is 0.220. The molecule has 7 nitrogen and oxygen atoms in total. The second-order valence-electron chi connectivity index (χ2n) is 6.75. The van der Waals surface area contributed by atoms with Crippen LogP contribution in [0.1, 0.15) is 29.2 Å². The fraction of sp³-hybridized carbons (Fsp3) is 0.190. The minimum atomic E-state index is -0.489. The van der Waals surface area contributed by atoms with Crippen molar-refractivity contribution in [2.45, 2.75) is 25.1 Å². The molecule has 2 heterocycles. The predicted molar refractivity (Wildman–Crippen MR) is 103 cm³/mol. The van der Waals surface area contributed by atoms with Crippen molar-refractivity contribution in [1.82, 2.24) is 15.3 Å². The molecule has 4 rings (SSSR count). The zero-order chi connectivity index (χ0) is 20.2. The highest BCUT2D eigenvalue weighted by Gasteiger charge is 2.31. The van der Waals surface area contributed by atoms with E-state index in [2.05, 4.69) is 15.9 Å². The molecule has 2 N–H and O–H groups in total. The number of nitrogens with one attached hydrogen (secondary N) is 2. The van der Waals surface area contributed by atoms with Gasteiger partial charge in [0.1, 0.15) is 18.0 Å². The second-order valence-corrected chi connectivity index (χ2v) is 6.75. The Kier molecular flexibility index (Phi) is 5.33. The highest BCUT2D eigenvalue weighted by Crippen LogP contribution is 2.27. The fourth-order valence-corrected chi connectivity index (χ4v) is 3.23. The van der Waals surface area contributed by atoms with E-state index in [9.17, 15) is 9.18 Å². The fourth-order valence-electron chi connectivity index (χ4n) is 3.23. The van der Waals surface area contributed by atoms with Gasteiger partial charge in [0.2, 0.25) is 5.91 Å². The number of aromatic nitrogens is 2. The Morgan fingerprint density at radius 3 is 2.97 bits per heavy atom. The third kappa shape index (κ3) is 4.32. The summed E-state index contributed by atoms with van der Waals surface area (Å²) in [7, 11) is 0. The van der Waals surface area contributed by atoms with Crippen LogP contribution >= 0.6 is 0 Å². The molecule has 1 aliphatic rings. The van der Waals surface area contributed by atoms with Gasteiger partial charge in [-0.05, 0) is 29.3 Å². The van der Waals surface area contributed by atoms with Gasteiger partial charge in [-0.1, -0.05) is 30.3 Å². The largest absolute Gasteiger partial charge is 0.322 e. The van der Waals surface area contributed by atoms with Crippen LogP contribution in [-0.2, 0) is 16.2 Å². The van der Waals surface area contributed by atoms with E-state index in [0.29, 0.717) is 23.2 Å². The van der Waals surface area contributed by atoms with E-state index in [-0.39, 0.29) is 18.6 Å². The molecule has 0 aliphatic carbocycles. The van der Waals surface area contributed by atoms with Crippen LogP contribution in [0.15, 0.2) is 60.9 Å². The molecule has 1 aliphatic heterocycles. The van der Waals surface area contributed by atoms with E-state index in [1.165, 1.54) is 29.1 Å². The molecule has 0 radical (unpaired) electrons. The zero-order valence-corrected chi connectivity index (χ0v) is 15.4. The summed E-state index contributed by atoms with van der Waals surface area (Å²) in [5, 5.41) is 16.1. The van der Waals surface area contributed by atoms with Crippen molar-refractivity contribution in [2.75, 3.05) is 5.32 Å². The Labute approximate surface area is 166 Å². The third-order valence-corrected chi connectivity index (χ3v) is 4.71. The topological polar surface area (TPSA) is 92.0 Å². The normalized spacial score (nSPS) is 18.3. The first-order valence-electron chi connectivity index (χ1n) is 9.10. The molecule has 146 valence electrons. The summed E-state index contributed by atoms with van der Waals surface area (Å²) in [4.78, 5) is 18.1. The van der Waals surface area contributed by atoms with Gasteiger partial charge in [-0.15, -0.1) is 0 Å². The number of benzene rings is 2. The average molecular weight is 391 g/mol. The maximum atomic E-state index is 13.5. The van der Waals surface area contributed by atoms with Gasteiger partial charge >= 0.3 is 0 Å². The van der Waals surface area contributed by atoms with Crippen LogP contribution in [0.3, 0.4) is 0 Å². The number of carbonyl (C=O) groups is 1. The Morgan fingerprint density at radius 1 is 1.34 bits per heavy atom. The number of anilines is 1. The van der Waals surface area contributed by atoms with E-state index in [1.54, 1.807) is 6.20 Å². The first-order chi connectivity index (χ1) is 14.1. The van der Waals surface area contributed by atoms with E-state index in [1.807, 2.05) is 36.4 Å². The number of nitriles is 1. The average Bonchev–Trinajstić information content (AvgIpc) is 3.39. The summed E-state index contributed by atoms with van der Waals surface area (Å²) < 4.78 is 15.0. The van der Waals surface area contributed by atoms with Crippen molar-refractivity contribution in [1.29, 1.82) is 5.26 Å². The minimum absolute atomic E-state index is 0.188. The van der Waals surface area contributed by atoms with Crippen molar-refractivity contribution in [3.63, 3.8) is 0 Å². The standard InChI is InChI=1S/C21H18FN5O2/c22-17-7-6-15(10-23)16(8-17)12-27-13-18(11-24-27)25-21(28)19-9-20(29-26-19)14-4-2-1-3-5-14/h1-8,11,13,19-20,26H,9,12H2,(H,25,28). The summed E-state index contributed by atoms with van der Waals surface area (Å²) in [5.41, 5.74) is 5.19. The van der Waals surface area contributed by atoms with Crippen LogP contribution in [0.2, 0.25) is 0 Å². The molecule has 1 saturated heterocycles. The van der Waals surface area contributed by atoms with Gasteiger partial charge in [0, 0.05) is 12.6 Å². The molecule has 3 aromatic rings. The number of halogens is 1. The molecule has 0 spiro atoms. The van der Waals surface area contributed by atoms with Crippen molar-refractivity contribution >= 4 is 11.6 Å². The number of hydrogen-bond acceptors (Lipinski definition) is 5. The van der Waals surface area contributed by atoms with Crippen molar-refractivity contribution in [3.05, 3.63) is 83.4 Å². The first kappa shape index (κ1) is 18.8. The molecule has 29 heavy (non-hydrogen) atoms. The highest BCUT2D eigenvalue weighted by atomic mass is 19.1. The van der Waals surface area contributed by atoms with Crippen LogP contribution in [0.4, 0.5) is 10.1 Å². The maximum absolute atomic E-state index is 13.5. The van der Waals surface area contributed by atoms with E-state index < -0.39 is 11.9 Å². The molecule has 2 aromatic carbocycles. The highest BCUT2D eigenvalue weighted by molar-refractivity contribution is 5.94. The lowest BCUT2D eigenvalue weighted by molar-refractivity contribution is -0.119. The SMILES string of the molecule is N#Cc1ccc(F)cc1Cn1cc(NC(=O)C2CC(c3ccccc3)ON2)cn1. The maximum Gasteiger partial charge on any atom is 0.244 e. The monoisotopic (exact) mass is 391 g/mol. The van der Waals surface area contributed by atoms with Gasteiger partial charge in [0.05, 0.1) is 30.1 Å². The number of carbonyl (C=O) groups excluding carboxylic acids is 1. The predicted octanol–water partition coefficient (Wildman–Crippen LogP) is 2.92. The van der Waals surface area contributed by atoms with E-state index in [0.717, 1.165) is 5.56 Å². The van der Waals surface area contributed by atoms with Crippen molar-refractivity contribution < 1.29 is 14.0 Å². The third-order valence-electron chi connectivity index (χ3n) is 4.71. The number of hydroxylamine groups is 1. The van der Waals surface area contributed by atoms with Gasteiger partial charge < -0.3 is 5.32 Å². The summed E-state index contributed by atoms with van der Waals surface area (Å²) >= 11 is 0. The molecular formula is C21H18FN5O2. The Bertz CT molecular complexity index is 1060. The number of rotatable bonds is 5. The number of hydrogen-bond donors (Lipinski definition) is 2. The quantitative estimate of drug-likeness (QED) is 0.698. The molecule has 1 fully saturated rings.